The van der Waals surface area contributed by atoms with Gasteiger partial charge in [0.2, 0.25) is 0 Å². The van der Waals surface area contributed by atoms with Gasteiger partial charge in [0.15, 0.2) is 11.6 Å². The van der Waals surface area contributed by atoms with E-state index in [0.717, 1.165) is 6.07 Å². The van der Waals surface area contributed by atoms with Gasteiger partial charge < -0.3 is 5.32 Å². The van der Waals surface area contributed by atoms with Crippen LogP contribution in [-0.2, 0) is 0 Å². The van der Waals surface area contributed by atoms with Gasteiger partial charge in [0.25, 0.3) is 0 Å². The molecule has 0 radical (unpaired) electrons. The molecule has 19 heavy (non-hydrogen) atoms. The molecule has 0 aliphatic heterocycles. The van der Waals surface area contributed by atoms with Crippen LogP contribution in [0.5, 0.6) is 0 Å². The van der Waals surface area contributed by atoms with Crippen LogP contribution in [0.3, 0.4) is 0 Å². The highest BCUT2D eigenvalue weighted by Gasteiger charge is 2.20. The third-order valence-electron chi connectivity index (χ3n) is 2.85. The van der Waals surface area contributed by atoms with Crippen molar-refractivity contribution in [3.8, 4) is 0 Å². The molecular formula is C14H11BrF3N. The molecule has 1 N–H and O–H groups in total. The number of rotatable bonds is 3. The minimum absolute atomic E-state index is 0.133. The zero-order valence-corrected chi connectivity index (χ0v) is 11.6. The largest absolute Gasteiger partial charge is 0.309 e. The Bertz CT molecular complexity index is 599. The van der Waals surface area contributed by atoms with Gasteiger partial charge in [-0.05, 0) is 36.9 Å². The van der Waals surface area contributed by atoms with E-state index in [2.05, 4.69) is 21.2 Å². The number of hydrogen-bond acceptors (Lipinski definition) is 1. The monoisotopic (exact) mass is 329 g/mol. The predicted octanol–water partition coefficient (Wildman–Crippen LogP) is 4.18. The van der Waals surface area contributed by atoms with Gasteiger partial charge >= 0.3 is 0 Å². The molecule has 0 saturated heterocycles. The first-order chi connectivity index (χ1) is 9.04. The van der Waals surface area contributed by atoms with Crippen LogP contribution < -0.4 is 5.32 Å². The van der Waals surface area contributed by atoms with Crippen LogP contribution in [0, 0.1) is 17.5 Å². The minimum Gasteiger partial charge on any atom is -0.309 e. The first kappa shape index (κ1) is 14.1. The Morgan fingerprint density at radius 3 is 2.47 bits per heavy atom. The van der Waals surface area contributed by atoms with Gasteiger partial charge in [-0.3, -0.25) is 0 Å². The predicted molar refractivity (Wildman–Crippen MR) is 71.4 cm³/mol. The first-order valence-corrected chi connectivity index (χ1v) is 6.40. The quantitative estimate of drug-likeness (QED) is 0.890. The molecule has 0 bridgehead atoms. The van der Waals surface area contributed by atoms with Crippen LogP contribution in [-0.4, -0.2) is 7.05 Å². The van der Waals surface area contributed by atoms with E-state index < -0.39 is 23.5 Å². The third kappa shape index (κ3) is 2.82. The average Bonchev–Trinajstić information content (AvgIpc) is 2.39. The van der Waals surface area contributed by atoms with Gasteiger partial charge in [-0.1, -0.05) is 28.1 Å². The zero-order chi connectivity index (χ0) is 14.0. The molecule has 1 atom stereocenters. The van der Waals surface area contributed by atoms with Crippen molar-refractivity contribution in [2.45, 2.75) is 6.04 Å². The maximum absolute atomic E-state index is 13.8. The Morgan fingerprint density at radius 1 is 1.05 bits per heavy atom. The minimum atomic E-state index is -0.932. The van der Waals surface area contributed by atoms with Crippen LogP contribution in [0.4, 0.5) is 13.2 Å². The molecule has 100 valence electrons. The second-order valence-corrected chi connectivity index (χ2v) is 4.88. The van der Waals surface area contributed by atoms with Gasteiger partial charge in [0.1, 0.15) is 5.82 Å². The Morgan fingerprint density at radius 2 is 1.79 bits per heavy atom. The van der Waals surface area contributed by atoms with Crippen molar-refractivity contribution >= 4 is 15.9 Å². The standard InChI is InChI=1S/C14H11BrF3N/c1-19-14(9-3-2-4-12(17)13(9)18)10-7-8(16)5-6-11(10)15/h2-7,14,19H,1H3. The van der Waals surface area contributed by atoms with Crippen molar-refractivity contribution in [1.29, 1.82) is 0 Å². The Hall–Kier alpha value is -1.33. The fourth-order valence-electron chi connectivity index (χ4n) is 1.96. The Labute approximate surface area is 117 Å². The molecule has 2 aromatic carbocycles. The van der Waals surface area contributed by atoms with Crippen LogP contribution >= 0.6 is 15.9 Å². The van der Waals surface area contributed by atoms with Gasteiger partial charge in [0, 0.05) is 10.0 Å². The molecular weight excluding hydrogens is 319 g/mol. The highest BCUT2D eigenvalue weighted by Crippen LogP contribution is 2.31. The molecule has 2 aromatic rings. The molecule has 1 nitrogen and oxygen atoms in total. The Kier molecular flexibility index (Phi) is 4.27. The van der Waals surface area contributed by atoms with Crippen molar-refractivity contribution in [3.63, 3.8) is 0 Å². The topological polar surface area (TPSA) is 12.0 Å². The van der Waals surface area contributed by atoms with Gasteiger partial charge in [-0.25, -0.2) is 13.2 Å². The lowest BCUT2D eigenvalue weighted by Gasteiger charge is -2.19. The maximum atomic E-state index is 13.8. The summed E-state index contributed by atoms with van der Waals surface area (Å²) in [4.78, 5) is 0. The highest BCUT2D eigenvalue weighted by molar-refractivity contribution is 9.10. The van der Waals surface area contributed by atoms with E-state index in [4.69, 9.17) is 0 Å². The second-order valence-electron chi connectivity index (χ2n) is 4.03. The summed E-state index contributed by atoms with van der Waals surface area (Å²) in [6.07, 6.45) is 0. The molecule has 0 fully saturated rings. The van der Waals surface area contributed by atoms with Gasteiger partial charge in [-0.2, -0.15) is 0 Å². The second kappa shape index (κ2) is 5.75. The number of halogens is 4. The molecule has 5 heteroatoms. The molecule has 0 aliphatic rings. The molecule has 0 amide bonds. The van der Waals surface area contributed by atoms with Crippen LogP contribution in [0.1, 0.15) is 17.2 Å². The molecule has 0 saturated carbocycles. The van der Waals surface area contributed by atoms with Crippen molar-refractivity contribution in [2.24, 2.45) is 0 Å². The van der Waals surface area contributed by atoms with Crippen molar-refractivity contribution < 1.29 is 13.2 Å². The molecule has 2 rings (SSSR count). The molecule has 1 unspecified atom stereocenters. The van der Waals surface area contributed by atoms with Crippen molar-refractivity contribution in [1.82, 2.24) is 5.32 Å². The number of benzene rings is 2. The van der Waals surface area contributed by atoms with E-state index in [-0.39, 0.29) is 5.56 Å². The first-order valence-electron chi connectivity index (χ1n) is 5.60. The molecule has 0 heterocycles. The highest BCUT2D eigenvalue weighted by atomic mass is 79.9. The number of nitrogens with one attached hydrogen (secondary N) is 1. The summed E-state index contributed by atoms with van der Waals surface area (Å²) >= 11 is 3.29. The average molecular weight is 330 g/mol. The van der Waals surface area contributed by atoms with Crippen LogP contribution in [0.2, 0.25) is 0 Å². The molecule has 0 aromatic heterocycles. The summed E-state index contributed by atoms with van der Waals surface area (Å²) in [6, 6.07) is 7.42. The summed E-state index contributed by atoms with van der Waals surface area (Å²) in [5.74, 6) is -2.29. The fraction of sp³-hybridized carbons (Fsp3) is 0.143. The number of hydrogen-bond donors (Lipinski definition) is 1. The maximum Gasteiger partial charge on any atom is 0.163 e. The molecule has 0 aliphatic carbocycles. The summed E-state index contributed by atoms with van der Waals surface area (Å²) in [5.41, 5.74) is 0.640. The lowest BCUT2D eigenvalue weighted by molar-refractivity contribution is 0.486. The van der Waals surface area contributed by atoms with E-state index >= 15 is 0 Å². The molecule has 0 spiro atoms. The summed E-state index contributed by atoms with van der Waals surface area (Å²) < 4.78 is 41.1. The lowest BCUT2D eigenvalue weighted by Crippen LogP contribution is -2.20. The van der Waals surface area contributed by atoms with Crippen LogP contribution in [0.25, 0.3) is 0 Å². The van der Waals surface area contributed by atoms with E-state index in [1.807, 2.05) is 0 Å². The van der Waals surface area contributed by atoms with E-state index in [0.29, 0.717) is 10.0 Å². The normalized spacial score (nSPS) is 12.5. The van der Waals surface area contributed by atoms with Crippen molar-refractivity contribution in [3.05, 3.63) is 69.4 Å². The summed E-state index contributed by atoms with van der Waals surface area (Å²) in [5, 5.41) is 2.87. The SMILES string of the molecule is CNC(c1cc(F)ccc1Br)c1cccc(F)c1F. The lowest BCUT2D eigenvalue weighted by atomic mass is 9.98. The fourth-order valence-corrected chi connectivity index (χ4v) is 2.43. The van der Waals surface area contributed by atoms with Crippen LogP contribution in [0.15, 0.2) is 40.9 Å². The summed E-state index contributed by atoms with van der Waals surface area (Å²) in [6.45, 7) is 0. The van der Waals surface area contributed by atoms with Gasteiger partial charge in [-0.15, -0.1) is 0 Å². The van der Waals surface area contributed by atoms with E-state index in [9.17, 15) is 13.2 Å². The third-order valence-corrected chi connectivity index (χ3v) is 3.57. The van der Waals surface area contributed by atoms with E-state index in [1.54, 1.807) is 7.05 Å². The van der Waals surface area contributed by atoms with Crippen molar-refractivity contribution in [2.75, 3.05) is 7.05 Å². The smallest absolute Gasteiger partial charge is 0.163 e. The zero-order valence-electron chi connectivity index (χ0n) is 10.1. The van der Waals surface area contributed by atoms with E-state index in [1.165, 1.54) is 30.3 Å². The Balaban J connectivity index is 2.56. The van der Waals surface area contributed by atoms with Gasteiger partial charge in [0.05, 0.1) is 6.04 Å². The summed E-state index contributed by atoms with van der Waals surface area (Å²) in [7, 11) is 1.60.